The van der Waals surface area contributed by atoms with E-state index in [2.05, 4.69) is 0 Å². The maximum absolute atomic E-state index is 13.7. The number of amides is 1. The lowest BCUT2D eigenvalue weighted by Gasteiger charge is -2.41. The Morgan fingerprint density at radius 3 is 2.28 bits per heavy atom. The van der Waals surface area contributed by atoms with Crippen LogP contribution in [0.1, 0.15) is 31.2 Å². The van der Waals surface area contributed by atoms with Crippen molar-refractivity contribution in [3.05, 3.63) is 29.3 Å². The fourth-order valence-corrected chi connectivity index (χ4v) is 2.38. The molecule has 1 saturated carbocycles. The van der Waals surface area contributed by atoms with Crippen LogP contribution in [0.2, 0.25) is 0 Å². The Labute approximate surface area is 102 Å². The zero-order valence-electron chi connectivity index (χ0n) is 9.70. The molecule has 0 unspecified atom stereocenters. The van der Waals surface area contributed by atoms with Crippen molar-refractivity contribution in [3.63, 3.8) is 0 Å². The van der Waals surface area contributed by atoms with E-state index in [4.69, 9.17) is 5.11 Å². The molecule has 0 bridgehead atoms. The van der Waals surface area contributed by atoms with Crippen molar-refractivity contribution < 1.29 is 23.8 Å². The van der Waals surface area contributed by atoms with Crippen molar-refractivity contribution in [1.29, 1.82) is 0 Å². The fourth-order valence-electron chi connectivity index (χ4n) is 2.38. The molecule has 3 N–H and O–H groups in total. The van der Waals surface area contributed by atoms with Crippen molar-refractivity contribution in [3.8, 4) is 0 Å². The lowest BCUT2D eigenvalue weighted by molar-refractivity contribution is -0.0328. The van der Waals surface area contributed by atoms with Crippen LogP contribution in [-0.2, 0) is 0 Å². The van der Waals surface area contributed by atoms with Crippen LogP contribution in [0.15, 0.2) is 12.1 Å². The summed E-state index contributed by atoms with van der Waals surface area (Å²) in [5, 5.41) is 19.9. The highest BCUT2D eigenvalue weighted by Gasteiger charge is 2.41. The third-order valence-electron chi connectivity index (χ3n) is 3.11. The Morgan fingerprint density at radius 2 is 1.89 bits per heavy atom. The molecule has 0 atom stereocenters. The zero-order valence-corrected chi connectivity index (χ0v) is 9.70. The van der Waals surface area contributed by atoms with Crippen LogP contribution in [0.5, 0.6) is 0 Å². The molecule has 0 radical (unpaired) electrons. The summed E-state index contributed by atoms with van der Waals surface area (Å²) in [5.74, 6) is -1.95. The highest BCUT2D eigenvalue weighted by atomic mass is 19.1. The molecule has 18 heavy (non-hydrogen) atoms. The van der Waals surface area contributed by atoms with Crippen LogP contribution in [-0.4, -0.2) is 21.9 Å². The van der Waals surface area contributed by atoms with Crippen LogP contribution in [0.3, 0.4) is 0 Å². The summed E-state index contributed by atoms with van der Waals surface area (Å²) in [6.45, 7) is 1.61. The van der Waals surface area contributed by atoms with Gasteiger partial charge in [-0.05, 0) is 37.8 Å². The highest BCUT2D eigenvalue weighted by molar-refractivity contribution is 5.82. The van der Waals surface area contributed by atoms with Gasteiger partial charge in [-0.2, -0.15) is 0 Å². The van der Waals surface area contributed by atoms with Gasteiger partial charge in [-0.25, -0.2) is 13.6 Å². The largest absolute Gasteiger partial charge is 0.465 e. The van der Waals surface area contributed by atoms with Gasteiger partial charge in [-0.3, -0.25) is 5.32 Å². The third-order valence-corrected chi connectivity index (χ3v) is 3.11. The van der Waals surface area contributed by atoms with E-state index in [1.54, 1.807) is 6.92 Å². The molecule has 1 aliphatic rings. The molecule has 1 aromatic carbocycles. The van der Waals surface area contributed by atoms with Gasteiger partial charge in [0.2, 0.25) is 0 Å². The predicted octanol–water partition coefficient (Wildman–Crippen LogP) is 2.68. The zero-order chi connectivity index (χ0) is 13.5. The van der Waals surface area contributed by atoms with Crippen molar-refractivity contribution in [1.82, 2.24) is 0 Å². The molecule has 98 valence electrons. The number of nitrogens with one attached hydrogen (secondary N) is 1. The monoisotopic (exact) mass is 257 g/mol. The topological polar surface area (TPSA) is 69.6 Å². The van der Waals surface area contributed by atoms with Crippen molar-refractivity contribution in [2.75, 3.05) is 5.32 Å². The smallest absolute Gasteiger partial charge is 0.409 e. The molecule has 4 nitrogen and oxygen atoms in total. The number of benzene rings is 1. The third kappa shape index (κ3) is 2.43. The molecule has 1 amide bonds. The molecule has 0 saturated heterocycles. The standard InChI is InChI=1S/C12H13F2NO3/c1-12(18)4-6(5-12)10-8(13)2-7(3-9(10)14)15-11(16)17/h2-3,6,15,18H,4-5H2,1H3,(H,16,17). The van der Waals surface area contributed by atoms with Crippen molar-refractivity contribution in [2.24, 2.45) is 0 Å². The first-order chi connectivity index (χ1) is 8.28. The van der Waals surface area contributed by atoms with Crippen molar-refractivity contribution >= 4 is 11.8 Å². The second kappa shape index (κ2) is 4.20. The maximum Gasteiger partial charge on any atom is 0.409 e. The summed E-state index contributed by atoms with van der Waals surface area (Å²) in [7, 11) is 0. The number of anilines is 1. The molecule has 0 aliphatic heterocycles. The van der Waals surface area contributed by atoms with Gasteiger partial charge >= 0.3 is 6.09 Å². The Kier molecular flexibility index (Phi) is 2.98. The molecule has 0 spiro atoms. The minimum absolute atomic E-state index is 0.0857. The lowest BCUT2D eigenvalue weighted by Crippen LogP contribution is -2.40. The average Bonchev–Trinajstić information content (AvgIpc) is 2.11. The van der Waals surface area contributed by atoms with E-state index in [1.165, 1.54) is 0 Å². The second-order valence-electron chi connectivity index (χ2n) is 4.89. The molecule has 0 aromatic heterocycles. The molecule has 6 heteroatoms. The number of halogens is 2. The van der Waals surface area contributed by atoms with Crippen LogP contribution in [0.25, 0.3) is 0 Å². The van der Waals surface area contributed by atoms with E-state index >= 15 is 0 Å². The summed E-state index contributed by atoms with van der Waals surface area (Å²) < 4.78 is 27.5. The van der Waals surface area contributed by atoms with E-state index in [0.29, 0.717) is 12.8 Å². The van der Waals surface area contributed by atoms with E-state index in [1.807, 2.05) is 5.32 Å². The van der Waals surface area contributed by atoms with Gasteiger partial charge < -0.3 is 10.2 Å². The summed E-state index contributed by atoms with van der Waals surface area (Å²) >= 11 is 0. The van der Waals surface area contributed by atoms with E-state index < -0.39 is 23.3 Å². The summed E-state index contributed by atoms with van der Waals surface area (Å²) in [6, 6.07) is 1.89. The first kappa shape index (κ1) is 12.8. The Hall–Kier alpha value is -1.69. The summed E-state index contributed by atoms with van der Waals surface area (Å²) in [5.41, 5.74) is -1.11. The Bertz CT molecular complexity index is 471. The molecular weight excluding hydrogens is 244 g/mol. The lowest BCUT2D eigenvalue weighted by atomic mass is 9.69. The van der Waals surface area contributed by atoms with Gasteiger partial charge in [0, 0.05) is 11.3 Å². The molecule has 2 rings (SSSR count). The first-order valence-electron chi connectivity index (χ1n) is 5.50. The van der Waals surface area contributed by atoms with Gasteiger partial charge in [-0.15, -0.1) is 0 Å². The van der Waals surface area contributed by atoms with E-state index in [0.717, 1.165) is 12.1 Å². The number of hydrogen-bond donors (Lipinski definition) is 3. The van der Waals surface area contributed by atoms with Crippen molar-refractivity contribution in [2.45, 2.75) is 31.3 Å². The van der Waals surface area contributed by atoms with Crippen LogP contribution >= 0.6 is 0 Å². The van der Waals surface area contributed by atoms with Crippen LogP contribution in [0.4, 0.5) is 19.3 Å². The minimum Gasteiger partial charge on any atom is -0.465 e. The average molecular weight is 257 g/mol. The number of carbonyl (C=O) groups is 1. The van der Waals surface area contributed by atoms with Gasteiger partial charge in [0.15, 0.2) is 0 Å². The first-order valence-corrected chi connectivity index (χ1v) is 5.50. The second-order valence-corrected chi connectivity index (χ2v) is 4.89. The van der Waals surface area contributed by atoms with Crippen LogP contribution in [0, 0.1) is 11.6 Å². The molecular formula is C12H13F2NO3. The summed E-state index contributed by atoms with van der Waals surface area (Å²) in [4.78, 5) is 10.4. The fraction of sp³-hybridized carbons (Fsp3) is 0.417. The molecule has 0 heterocycles. The highest BCUT2D eigenvalue weighted by Crippen LogP contribution is 2.46. The Morgan fingerprint density at radius 1 is 1.39 bits per heavy atom. The number of hydrogen-bond acceptors (Lipinski definition) is 2. The van der Waals surface area contributed by atoms with Gasteiger partial charge in [-0.1, -0.05) is 0 Å². The molecule has 1 aliphatic carbocycles. The SMILES string of the molecule is CC1(O)CC(c2c(F)cc(NC(=O)O)cc2F)C1. The predicted molar refractivity (Wildman–Crippen MR) is 60.6 cm³/mol. The van der Waals surface area contributed by atoms with Gasteiger partial charge in [0.1, 0.15) is 11.6 Å². The quantitative estimate of drug-likeness (QED) is 0.762. The maximum atomic E-state index is 13.7. The Balaban J connectivity index is 2.25. The molecule has 1 fully saturated rings. The van der Waals surface area contributed by atoms with E-state index in [-0.39, 0.29) is 17.2 Å². The number of carboxylic acid groups (broad SMARTS) is 1. The summed E-state index contributed by atoms with van der Waals surface area (Å²) in [6.07, 6.45) is -0.785. The normalized spacial score (nSPS) is 26.6. The van der Waals surface area contributed by atoms with Gasteiger partial charge in [0.05, 0.1) is 5.60 Å². The number of rotatable bonds is 2. The molecule has 1 aromatic rings. The van der Waals surface area contributed by atoms with Crippen LogP contribution < -0.4 is 5.32 Å². The van der Waals surface area contributed by atoms with E-state index in [9.17, 15) is 18.7 Å². The number of aliphatic hydroxyl groups is 1. The van der Waals surface area contributed by atoms with Gasteiger partial charge in [0.25, 0.3) is 0 Å². The minimum atomic E-state index is -1.38.